The van der Waals surface area contributed by atoms with Crippen molar-refractivity contribution in [3.8, 4) is 17.6 Å². The van der Waals surface area contributed by atoms with Gasteiger partial charge in [-0.15, -0.1) is 0 Å². The smallest absolute Gasteiger partial charge is 0.237 e. The molecular formula is C21H25N3O3S. The first-order chi connectivity index (χ1) is 13.4. The van der Waals surface area contributed by atoms with Gasteiger partial charge in [0.1, 0.15) is 22.6 Å². The summed E-state index contributed by atoms with van der Waals surface area (Å²) in [6.45, 7) is 6.02. The van der Waals surface area contributed by atoms with Crippen LogP contribution < -0.4 is 14.8 Å². The van der Waals surface area contributed by atoms with Crippen LogP contribution in [0.2, 0.25) is 0 Å². The van der Waals surface area contributed by atoms with Gasteiger partial charge in [-0.05, 0) is 24.5 Å². The van der Waals surface area contributed by atoms with Gasteiger partial charge in [-0.2, -0.15) is 5.26 Å². The number of carbonyl (C=O) groups excluding carboxylic acids is 1. The SMILES string of the molecule is CCC(Sc1nc(C(C)C)ccc1C#N)C(=O)Nc1cc(OC)cc(OC)c1. The molecule has 1 aromatic heterocycles. The van der Waals surface area contributed by atoms with Crippen LogP contribution in [0.5, 0.6) is 11.5 Å². The van der Waals surface area contributed by atoms with Crippen molar-refractivity contribution < 1.29 is 14.3 Å². The van der Waals surface area contributed by atoms with Gasteiger partial charge in [-0.25, -0.2) is 4.98 Å². The fraction of sp³-hybridized carbons (Fsp3) is 0.381. The average Bonchev–Trinajstić information content (AvgIpc) is 2.71. The number of ether oxygens (including phenoxy) is 2. The summed E-state index contributed by atoms with van der Waals surface area (Å²) in [6, 6.07) is 11.0. The van der Waals surface area contributed by atoms with Gasteiger partial charge in [0.15, 0.2) is 0 Å². The van der Waals surface area contributed by atoms with Crippen LogP contribution in [0.4, 0.5) is 5.69 Å². The highest BCUT2D eigenvalue weighted by Crippen LogP contribution is 2.31. The van der Waals surface area contributed by atoms with Gasteiger partial charge in [0.25, 0.3) is 0 Å². The van der Waals surface area contributed by atoms with Crippen LogP contribution in [-0.4, -0.2) is 30.4 Å². The predicted octanol–water partition coefficient (Wildman–Crippen LogP) is 4.60. The number of thioether (sulfide) groups is 1. The molecule has 1 atom stereocenters. The summed E-state index contributed by atoms with van der Waals surface area (Å²) in [7, 11) is 3.11. The number of amides is 1. The Balaban J connectivity index is 2.23. The molecule has 7 heteroatoms. The second-order valence-corrected chi connectivity index (χ2v) is 7.65. The molecule has 0 aliphatic heterocycles. The van der Waals surface area contributed by atoms with E-state index in [0.717, 1.165) is 5.69 Å². The number of nitriles is 1. The number of nitrogens with one attached hydrogen (secondary N) is 1. The third kappa shape index (κ3) is 5.40. The second kappa shape index (κ2) is 10.00. The zero-order valence-electron chi connectivity index (χ0n) is 16.8. The van der Waals surface area contributed by atoms with E-state index < -0.39 is 0 Å². The van der Waals surface area contributed by atoms with E-state index in [9.17, 15) is 10.1 Å². The number of benzene rings is 1. The molecule has 28 heavy (non-hydrogen) atoms. The Labute approximate surface area is 170 Å². The normalized spacial score (nSPS) is 11.6. The molecule has 0 bridgehead atoms. The number of aromatic nitrogens is 1. The first-order valence-corrected chi connectivity index (χ1v) is 9.91. The van der Waals surface area contributed by atoms with Crippen molar-refractivity contribution in [1.82, 2.24) is 4.98 Å². The van der Waals surface area contributed by atoms with Gasteiger partial charge in [-0.1, -0.05) is 32.5 Å². The van der Waals surface area contributed by atoms with Crippen LogP contribution in [0.1, 0.15) is 44.4 Å². The molecule has 0 spiro atoms. The van der Waals surface area contributed by atoms with Crippen molar-refractivity contribution >= 4 is 23.4 Å². The minimum absolute atomic E-state index is 0.163. The highest BCUT2D eigenvalue weighted by Gasteiger charge is 2.21. The van der Waals surface area contributed by atoms with E-state index in [-0.39, 0.29) is 17.1 Å². The molecule has 0 saturated heterocycles. The van der Waals surface area contributed by atoms with Crippen molar-refractivity contribution in [2.75, 3.05) is 19.5 Å². The van der Waals surface area contributed by atoms with Crippen molar-refractivity contribution in [2.24, 2.45) is 0 Å². The Morgan fingerprint density at radius 1 is 1.21 bits per heavy atom. The molecule has 2 rings (SSSR count). The molecule has 0 fully saturated rings. The van der Waals surface area contributed by atoms with E-state index in [1.165, 1.54) is 11.8 Å². The predicted molar refractivity (Wildman–Crippen MR) is 111 cm³/mol. The average molecular weight is 400 g/mol. The minimum Gasteiger partial charge on any atom is -0.497 e. The van der Waals surface area contributed by atoms with Gasteiger partial charge < -0.3 is 14.8 Å². The maximum Gasteiger partial charge on any atom is 0.237 e. The highest BCUT2D eigenvalue weighted by atomic mass is 32.2. The van der Waals surface area contributed by atoms with Crippen LogP contribution in [0, 0.1) is 11.3 Å². The zero-order chi connectivity index (χ0) is 20.7. The van der Waals surface area contributed by atoms with Crippen LogP contribution in [0.3, 0.4) is 0 Å². The molecule has 0 aliphatic carbocycles. The number of hydrogen-bond acceptors (Lipinski definition) is 6. The number of rotatable bonds is 8. The molecule has 1 N–H and O–H groups in total. The van der Waals surface area contributed by atoms with Crippen LogP contribution in [0.25, 0.3) is 0 Å². The van der Waals surface area contributed by atoms with E-state index in [1.54, 1.807) is 38.5 Å². The summed E-state index contributed by atoms with van der Waals surface area (Å²) >= 11 is 1.31. The van der Waals surface area contributed by atoms with Gasteiger partial charge >= 0.3 is 0 Å². The molecule has 1 unspecified atom stereocenters. The lowest BCUT2D eigenvalue weighted by Gasteiger charge is -2.17. The first-order valence-electron chi connectivity index (χ1n) is 9.03. The zero-order valence-corrected chi connectivity index (χ0v) is 17.6. The molecule has 2 aromatic rings. The van der Waals surface area contributed by atoms with Crippen molar-refractivity contribution in [2.45, 2.75) is 43.4 Å². The Bertz CT molecular complexity index is 855. The molecule has 6 nitrogen and oxygen atoms in total. The summed E-state index contributed by atoms with van der Waals surface area (Å²) < 4.78 is 10.5. The molecule has 148 valence electrons. The van der Waals surface area contributed by atoms with E-state index in [1.807, 2.05) is 26.8 Å². The number of nitrogens with zero attached hydrogens (tertiary/aromatic N) is 2. The number of methoxy groups -OCH3 is 2. The highest BCUT2D eigenvalue weighted by molar-refractivity contribution is 8.00. The lowest BCUT2D eigenvalue weighted by Crippen LogP contribution is -2.25. The van der Waals surface area contributed by atoms with Gasteiger partial charge in [0.2, 0.25) is 5.91 Å². The topological polar surface area (TPSA) is 84.2 Å². The molecule has 0 aliphatic rings. The van der Waals surface area contributed by atoms with E-state index in [0.29, 0.717) is 34.2 Å². The van der Waals surface area contributed by atoms with Crippen molar-refractivity contribution in [1.29, 1.82) is 5.26 Å². The maximum atomic E-state index is 12.8. The Hall–Kier alpha value is -2.72. The van der Waals surface area contributed by atoms with E-state index in [4.69, 9.17) is 9.47 Å². The largest absolute Gasteiger partial charge is 0.497 e. The molecule has 1 aromatic carbocycles. The van der Waals surface area contributed by atoms with Gasteiger partial charge in [-0.3, -0.25) is 4.79 Å². The minimum atomic E-state index is -0.390. The molecule has 1 amide bonds. The lowest BCUT2D eigenvalue weighted by atomic mass is 10.1. The van der Waals surface area contributed by atoms with Crippen LogP contribution in [0.15, 0.2) is 35.4 Å². The van der Waals surface area contributed by atoms with Crippen LogP contribution in [-0.2, 0) is 4.79 Å². The van der Waals surface area contributed by atoms with Crippen molar-refractivity contribution in [3.05, 3.63) is 41.6 Å². The Kier molecular flexibility index (Phi) is 7.70. The molecule has 1 heterocycles. The molecule has 0 saturated carbocycles. The van der Waals surface area contributed by atoms with Gasteiger partial charge in [0, 0.05) is 29.6 Å². The number of pyridine rings is 1. The number of carbonyl (C=O) groups is 1. The van der Waals surface area contributed by atoms with E-state index >= 15 is 0 Å². The Morgan fingerprint density at radius 2 is 1.86 bits per heavy atom. The second-order valence-electron chi connectivity index (χ2n) is 6.46. The monoisotopic (exact) mass is 399 g/mol. The summed E-state index contributed by atoms with van der Waals surface area (Å²) in [5.74, 6) is 1.26. The lowest BCUT2D eigenvalue weighted by molar-refractivity contribution is -0.115. The summed E-state index contributed by atoms with van der Waals surface area (Å²) in [6.07, 6.45) is 0.593. The van der Waals surface area contributed by atoms with E-state index in [2.05, 4.69) is 16.4 Å². The Morgan fingerprint density at radius 3 is 2.36 bits per heavy atom. The summed E-state index contributed by atoms with van der Waals surface area (Å²) in [5, 5.41) is 12.5. The summed E-state index contributed by atoms with van der Waals surface area (Å²) in [5.41, 5.74) is 1.96. The van der Waals surface area contributed by atoms with Crippen LogP contribution >= 0.6 is 11.8 Å². The standard InChI is InChI=1S/C21H25N3O3S/c1-6-19(28-21-14(12-22)7-8-18(24-21)13(2)3)20(25)23-15-9-16(26-4)11-17(10-15)27-5/h7-11,13,19H,6H2,1-5H3,(H,23,25). The fourth-order valence-electron chi connectivity index (χ4n) is 2.51. The molecule has 0 radical (unpaired) electrons. The molecular weight excluding hydrogens is 374 g/mol. The summed E-state index contributed by atoms with van der Waals surface area (Å²) in [4.78, 5) is 17.4. The fourth-order valence-corrected chi connectivity index (χ4v) is 3.51. The quantitative estimate of drug-likeness (QED) is 0.653. The number of anilines is 1. The third-order valence-electron chi connectivity index (χ3n) is 4.13. The number of hydrogen-bond donors (Lipinski definition) is 1. The van der Waals surface area contributed by atoms with Crippen molar-refractivity contribution in [3.63, 3.8) is 0 Å². The first kappa shape index (κ1) is 21.6. The van der Waals surface area contributed by atoms with Gasteiger partial charge in [0.05, 0.1) is 25.0 Å². The maximum absolute atomic E-state index is 12.8. The third-order valence-corrected chi connectivity index (χ3v) is 5.50.